The summed E-state index contributed by atoms with van der Waals surface area (Å²) < 4.78 is 31.5. The van der Waals surface area contributed by atoms with E-state index in [1.807, 2.05) is 19.9 Å². The summed E-state index contributed by atoms with van der Waals surface area (Å²) in [6.07, 6.45) is 3.91. The van der Waals surface area contributed by atoms with Crippen molar-refractivity contribution in [2.45, 2.75) is 77.7 Å². The van der Waals surface area contributed by atoms with Crippen molar-refractivity contribution in [2.75, 3.05) is 6.26 Å². The van der Waals surface area contributed by atoms with Gasteiger partial charge in [0.25, 0.3) is 10.1 Å². The molecule has 1 N–H and O–H groups in total. The second-order valence-electron chi connectivity index (χ2n) is 9.34. The van der Waals surface area contributed by atoms with Crippen LogP contribution in [0.4, 0.5) is 0 Å². The maximum atomic E-state index is 10.5. The van der Waals surface area contributed by atoms with E-state index in [4.69, 9.17) is 23.0 Å². The first-order valence-electron chi connectivity index (χ1n) is 11.5. The molecule has 0 heterocycles. The number of hydrogen-bond donors (Lipinski definition) is 1. The van der Waals surface area contributed by atoms with Gasteiger partial charge in [-0.2, -0.15) is 8.42 Å². The number of hydrogen-bond acceptors (Lipinski definition) is 5. The Hall–Kier alpha value is -3.07. The third-order valence-electron chi connectivity index (χ3n) is 5.52. The minimum absolute atomic E-state index is 0.0262. The van der Waals surface area contributed by atoms with Gasteiger partial charge in [-0.25, -0.2) is 13.1 Å². The normalized spacial score (nSPS) is 22.4. The smallest absolute Gasteiger partial charge is 0.264 e. The van der Waals surface area contributed by atoms with Gasteiger partial charge >= 0.3 is 0 Å². The summed E-state index contributed by atoms with van der Waals surface area (Å²) in [5, 5.41) is 8.99. The lowest BCUT2D eigenvalue weighted by Crippen LogP contribution is -2.35. The molecule has 2 fully saturated rings. The van der Waals surface area contributed by atoms with Gasteiger partial charge in [-0.05, 0) is 74.2 Å². The van der Waals surface area contributed by atoms with E-state index in [1.165, 1.54) is 11.1 Å². The number of phenolic OH excluding ortho intramolecular Hbond substituents is 1. The van der Waals surface area contributed by atoms with Crippen LogP contribution in [0, 0.1) is 40.8 Å². The monoisotopic (exact) mass is 498 g/mol. The maximum absolute atomic E-state index is 10.5. The van der Waals surface area contributed by atoms with Crippen molar-refractivity contribution in [1.82, 2.24) is 0 Å². The van der Waals surface area contributed by atoms with Crippen LogP contribution in [0.25, 0.3) is 9.69 Å². The second-order valence-corrected chi connectivity index (χ2v) is 10.9. The van der Waals surface area contributed by atoms with Gasteiger partial charge in [0.1, 0.15) is 17.6 Å². The number of rotatable bonds is 4. The van der Waals surface area contributed by atoms with Crippen molar-refractivity contribution in [2.24, 2.45) is 0 Å². The third-order valence-corrected chi connectivity index (χ3v) is 6.14. The quantitative estimate of drug-likeness (QED) is 0.441. The molecule has 2 saturated carbocycles. The molecule has 0 aliphatic heterocycles. The van der Waals surface area contributed by atoms with Gasteiger partial charge in [-0.1, -0.05) is 12.1 Å². The highest BCUT2D eigenvalue weighted by molar-refractivity contribution is 7.86. The van der Waals surface area contributed by atoms with Crippen LogP contribution in [0.2, 0.25) is 0 Å². The minimum Gasteiger partial charge on any atom is -0.508 e. The predicted molar refractivity (Wildman–Crippen MR) is 137 cm³/mol. The first-order valence-corrected chi connectivity index (χ1v) is 13.3. The Morgan fingerprint density at radius 3 is 1.54 bits per heavy atom. The van der Waals surface area contributed by atoms with E-state index in [0.717, 1.165) is 36.0 Å². The first-order chi connectivity index (χ1) is 16.4. The summed E-state index contributed by atoms with van der Waals surface area (Å²) in [7, 11) is -3.32. The topological polar surface area (TPSA) is 81.6 Å². The van der Waals surface area contributed by atoms with Crippen LogP contribution in [0.15, 0.2) is 36.4 Å². The first kappa shape index (κ1) is 28.2. The molecule has 4 rings (SSSR count). The average molecular weight is 499 g/mol. The molecule has 7 nitrogen and oxygen atoms in total. The van der Waals surface area contributed by atoms with Gasteiger partial charge in [0.15, 0.2) is 0 Å². The number of aromatic hydroxyl groups is 1. The predicted octanol–water partition coefficient (Wildman–Crippen LogP) is 5.55. The van der Waals surface area contributed by atoms with Crippen molar-refractivity contribution in [1.29, 1.82) is 0 Å². The molecular formula is C27H34N2O5S. The molecule has 2 aromatic rings. The number of nitrogens with zero attached hydrogens (tertiary/aromatic N) is 2. The van der Waals surface area contributed by atoms with E-state index >= 15 is 0 Å². The Labute approximate surface area is 209 Å². The Balaban J connectivity index is 0.000000193. The molecule has 188 valence electrons. The van der Waals surface area contributed by atoms with Crippen molar-refractivity contribution in [3.05, 3.63) is 81.5 Å². The molecule has 0 unspecified atom stereocenters. The molecule has 0 spiro atoms. The molecule has 35 heavy (non-hydrogen) atoms. The van der Waals surface area contributed by atoms with E-state index in [1.54, 1.807) is 12.1 Å². The van der Waals surface area contributed by atoms with Crippen LogP contribution in [0.5, 0.6) is 11.5 Å². The lowest BCUT2D eigenvalue weighted by atomic mass is 9.90. The van der Waals surface area contributed by atoms with Gasteiger partial charge in [0.2, 0.25) is 12.1 Å². The van der Waals surface area contributed by atoms with Crippen LogP contribution in [0.3, 0.4) is 0 Å². The molecule has 0 amide bonds. The molecule has 8 heteroatoms. The van der Waals surface area contributed by atoms with Crippen LogP contribution in [-0.4, -0.2) is 44.1 Å². The molecule has 2 aliphatic carbocycles. The molecule has 2 aliphatic rings. The van der Waals surface area contributed by atoms with Crippen LogP contribution < -0.4 is 4.74 Å². The fourth-order valence-corrected chi connectivity index (χ4v) is 4.50. The van der Waals surface area contributed by atoms with E-state index in [0.29, 0.717) is 18.6 Å². The third kappa shape index (κ3) is 10.4. The van der Waals surface area contributed by atoms with Gasteiger partial charge in [-0.15, -0.1) is 0 Å². The average Bonchev–Trinajstić information content (AvgIpc) is 2.65. The van der Waals surface area contributed by atoms with Crippen molar-refractivity contribution in [3.8, 4) is 11.5 Å². The summed E-state index contributed by atoms with van der Waals surface area (Å²) >= 11 is 0. The summed E-state index contributed by atoms with van der Waals surface area (Å²) in [6.45, 7) is 21.5. The van der Waals surface area contributed by atoms with Gasteiger partial charge in [0, 0.05) is 0 Å². The zero-order chi connectivity index (χ0) is 26.2. The van der Waals surface area contributed by atoms with Gasteiger partial charge < -0.3 is 19.5 Å². The van der Waals surface area contributed by atoms with E-state index < -0.39 is 10.1 Å². The van der Waals surface area contributed by atoms with E-state index in [2.05, 4.69) is 45.9 Å². The highest BCUT2D eigenvalue weighted by Gasteiger charge is 2.37. The Morgan fingerprint density at radius 1 is 0.771 bits per heavy atom. The summed E-state index contributed by atoms with van der Waals surface area (Å²) in [5.74, 6) is 1.30. The number of benzene rings is 2. The Bertz CT molecular complexity index is 1110. The Kier molecular flexibility index (Phi) is 10.1. The SMILES string of the molecule is Cc1cc(C)cc(O)c1.[C-]#[N+]C1CC(OS(C)(=O)=O)C1.[C-]#[N+]C1CC(Oc2cc(C)cc(C)c2)C1. The van der Waals surface area contributed by atoms with Gasteiger partial charge in [-0.3, -0.25) is 4.18 Å². The standard InChI is InChI=1S/C13H15NO.C8H10O.C6H9NO3S/c1-9-4-10(2)6-12(5-9)15-13-7-11(8-13)14-3;1-6-3-7(2)5-8(9)4-6;1-7-5-3-6(4-5)10-11(2,8)9/h4-6,11,13H,7-8H2,1-2H3;3-5,9H,1-2H3;5-6H,3-4H2,2H3. The zero-order valence-electron chi connectivity index (χ0n) is 21.0. The molecule has 0 saturated heterocycles. The molecule has 0 radical (unpaired) electrons. The Morgan fingerprint density at radius 2 is 1.17 bits per heavy atom. The maximum Gasteiger partial charge on any atom is 0.264 e. The van der Waals surface area contributed by atoms with E-state index in [-0.39, 0.29) is 24.3 Å². The second kappa shape index (κ2) is 12.6. The molecule has 0 atom stereocenters. The minimum atomic E-state index is -3.32. The van der Waals surface area contributed by atoms with Crippen LogP contribution >= 0.6 is 0 Å². The fraction of sp³-hybridized carbons (Fsp3) is 0.481. The fourth-order valence-electron chi connectivity index (χ4n) is 3.85. The van der Waals surface area contributed by atoms with E-state index in [9.17, 15) is 8.42 Å². The number of ether oxygens (including phenoxy) is 1. The highest BCUT2D eigenvalue weighted by atomic mass is 32.2. The summed E-state index contributed by atoms with van der Waals surface area (Å²) in [5.41, 5.74) is 4.66. The van der Waals surface area contributed by atoms with Crippen LogP contribution in [-0.2, 0) is 14.3 Å². The van der Waals surface area contributed by atoms with Crippen molar-refractivity contribution in [3.63, 3.8) is 0 Å². The van der Waals surface area contributed by atoms with Crippen LogP contribution in [0.1, 0.15) is 47.9 Å². The molecule has 0 bridgehead atoms. The molecular weight excluding hydrogens is 464 g/mol. The molecule has 0 aromatic heterocycles. The summed E-state index contributed by atoms with van der Waals surface area (Å²) in [4.78, 5) is 6.74. The lowest BCUT2D eigenvalue weighted by Gasteiger charge is -2.27. The largest absolute Gasteiger partial charge is 0.508 e. The van der Waals surface area contributed by atoms with Crippen molar-refractivity contribution < 1.29 is 22.4 Å². The zero-order valence-corrected chi connectivity index (χ0v) is 21.8. The highest BCUT2D eigenvalue weighted by Crippen LogP contribution is 2.29. The van der Waals surface area contributed by atoms with Crippen molar-refractivity contribution >= 4 is 10.1 Å². The number of aryl methyl sites for hydroxylation is 4. The number of phenols is 1. The lowest BCUT2D eigenvalue weighted by molar-refractivity contribution is 0.113. The van der Waals surface area contributed by atoms with Gasteiger partial charge in [0.05, 0.1) is 38.0 Å². The summed E-state index contributed by atoms with van der Waals surface area (Å²) in [6, 6.07) is 11.9. The molecule has 2 aromatic carbocycles.